The molecule has 1 aromatic carbocycles. The molecule has 3 N–H and O–H groups in total. The van der Waals surface area contributed by atoms with Crippen LogP contribution >= 0.6 is 15.9 Å². The van der Waals surface area contributed by atoms with Crippen LogP contribution in [0.2, 0.25) is 0 Å². The summed E-state index contributed by atoms with van der Waals surface area (Å²) in [7, 11) is 0. The van der Waals surface area contributed by atoms with E-state index in [9.17, 15) is 0 Å². The van der Waals surface area contributed by atoms with Gasteiger partial charge in [-0.25, -0.2) is 15.0 Å². The predicted octanol–water partition coefficient (Wildman–Crippen LogP) is 2.36. The van der Waals surface area contributed by atoms with Crippen molar-refractivity contribution >= 4 is 32.8 Å². The second kappa shape index (κ2) is 3.81. The highest BCUT2D eigenvalue weighted by Crippen LogP contribution is 2.27. The van der Waals surface area contributed by atoms with E-state index in [-0.39, 0.29) is 0 Å². The van der Waals surface area contributed by atoms with Crippen LogP contribution in [0.3, 0.4) is 0 Å². The molecule has 0 spiro atoms. The number of aromatic amines is 1. The van der Waals surface area contributed by atoms with Gasteiger partial charge in [-0.1, -0.05) is 15.9 Å². The number of halogens is 1. The summed E-state index contributed by atoms with van der Waals surface area (Å²) in [5.74, 6) is 0.700. The predicted molar refractivity (Wildman–Crippen MR) is 69.2 cm³/mol. The van der Waals surface area contributed by atoms with Crippen LogP contribution in [0.25, 0.3) is 22.6 Å². The molecule has 5 nitrogen and oxygen atoms in total. The second-order valence-electron chi connectivity index (χ2n) is 3.58. The zero-order valence-corrected chi connectivity index (χ0v) is 10.3. The Morgan fingerprint density at radius 2 is 2.18 bits per heavy atom. The third-order valence-corrected chi connectivity index (χ3v) is 2.92. The molecule has 3 rings (SSSR count). The summed E-state index contributed by atoms with van der Waals surface area (Å²) in [4.78, 5) is 15.5. The summed E-state index contributed by atoms with van der Waals surface area (Å²) in [5, 5.41) is 0. The zero-order valence-electron chi connectivity index (χ0n) is 8.68. The van der Waals surface area contributed by atoms with Gasteiger partial charge in [-0.05, 0) is 18.2 Å². The molecule has 0 aliphatic heterocycles. The van der Waals surface area contributed by atoms with Gasteiger partial charge in [0.05, 0.1) is 6.20 Å². The van der Waals surface area contributed by atoms with Crippen molar-refractivity contribution in [2.75, 3.05) is 5.73 Å². The minimum Gasteiger partial charge on any atom is -0.398 e. The van der Waals surface area contributed by atoms with Gasteiger partial charge in [-0.15, -0.1) is 0 Å². The number of nitrogens with zero attached hydrogens (tertiary/aromatic N) is 3. The van der Waals surface area contributed by atoms with E-state index >= 15 is 0 Å². The summed E-state index contributed by atoms with van der Waals surface area (Å²) in [6, 6.07) is 5.67. The lowest BCUT2D eigenvalue weighted by atomic mass is 10.2. The first kappa shape index (κ1) is 10.2. The fourth-order valence-electron chi connectivity index (χ4n) is 1.64. The molecule has 0 radical (unpaired) electrons. The molecule has 0 saturated heterocycles. The van der Waals surface area contributed by atoms with Gasteiger partial charge in [-0.2, -0.15) is 0 Å². The Kier molecular flexibility index (Phi) is 2.29. The van der Waals surface area contributed by atoms with Gasteiger partial charge in [0.2, 0.25) is 0 Å². The molecule has 17 heavy (non-hydrogen) atoms. The Hall–Kier alpha value is -1.95. The van der Waals surface area contributed by atoms with Crippen molar-refractivity contribution < 1.29 is 0 Å². The number of aromatic nitrogens is 4. The summed E-state index contributed by atoms with van der Waals surface area (Å²) in [5.41, 5.74) is 8.89. The molecule has 3 aromatic rings. The van der Waals surface area contributed by atoms with Crippen molar-refractivity contribution in [1.29, 1.82) is 0 Å². The van der Waals surface area contributed by atoms with E-state index < -0.39 is 0 Å². The van der Waals surface area contributed by atoms with Gasteiger partial charge >= 0.3 is 0 Å². The van der Waals surface area contributed by atoms with Crippen LogP contribution in [0.1, 0.15) is 0 Å². The van der Waals surface area contributed by atoms with Gasteiger partial charge in [-0.3, -0.25) is 0 Å². The van der Waals surface area contributed by atoms with E-state index in [1.54, 1.807) is 6.20 Å². The number of rotatable bonds is 1. The molecule has 0 unspecified atom stereocenters. The normalized spacial score (nSPS) is 10.9. The third-order valence-electron chi connectivity index (χ3n) is 2.43. The van der Waals surface area contributed by atoms with Crippen molar-refractivity contribution in [2.45, 2.75) is 0 Å². The standard InChI is InChI=1S/C11H8BrN5/c12-6-1-2-7(8(13)3-6)10-16-9-4-14-5-15-11(9)17-10/h1-5H,13H2,(H,14,15,16,17). The number of hydrogen-bond donors (Lipinski definition) is 2. The smallest absolute Gasteiger partial charge is 0.181 e. The van der Waals surface area contributed by atoms with Crippen LogP contribution in [-0.2, 0) is 0 Å². The summed E-state index contributed by atoms with van der Waals surface area (Å²) < 4.78 is 0.939. The van der Waals surface area contributed by atoms with Crippen LogP contribution < -0.4 is 5.73 Å². The maximum Gasteiger partial charge on any atom is 0.181 e. The number of benzene rings is 1. The molecular weight excluding hydrogens is 282 g/mol. The number of nitrogens with two attached hydrogens (primary N) is 1. The molecule has 84 valence electrons. The van der Waals surface area contributed by atoms with Gasteiger partial charge in [0.1, 0.15) is 17.7 Å². The Morgan fingerprint density at radius 3 is 2.94 bits per heavy atom. The highest BCUT2D eigenvalue weighted by molar-refractivity contribution is 9.10. The fraction of sp³-hybridized carbons (Fsp3) is 0. The Balaban J connectivity index is 2.20. The van der Waals surface area contributed by atoms with Crippen LogP contribution in [0, 0.1) is 0 Å². The fourth-order valence-corrected chi connectivity index (χ4v) is 2.02. The van der Waals surface area contributed by atoms with Crippen molar-refractivity contribution in [1.82, 2.24) is 19.9 Å². The van der Waals surface area contributed by atoms with E-state index in [1.165, 1.54) is 6.33 Å². The van der Waals surface area contributed by atoms with Crippen LogP contribution in [0.15, 0.2) is 35.2 Å². The first-order valence-corrected chi connectivity index (χ1v) is 5.74. The van der Waals surface area contributed by atoms with E-state index in [4.69, 9.17) is 5.73 Å². The van der Waals surface area contributed by atoms with Crippen molar-refractivity contribution in [3.8, 4) is 11.4 Å². The molecule has 0 fully saturated rings. The molecule has 0 atom stereocenters. The maximum atomic E-state index is 5.95. The number of H-pyrrole nitrogens is 1. The lowest BCUT2D eigenvalue weighted by molar-refractivity contribution is 1.20. The summed E-state index contributed by atoms with van der Waals surface area (Å²) in [6.07, 6.45) is 3.16. The van der Waals surface area contributed by atoms with Crippen molar-refractivity contribution in [3.05, 3.63) is 35.2 Å². The average molecular weight is 290 g/mol. The number of nitrogens with one attached hydrogen (secondary N) is 1. The first-order valence-electron chi connectivity index (χ1n) is 4.95. The van der Waals surface area contributed by atoms with Gasteiger partial charge in [0, 0.05) is 15.7 Å². The first-order chi connectivity index (χ1) is 8.24. The van der Waals surface area contributed by atoms with Crippen LogP contribution in [0.5, 0.6) is 0 Å². The van der Waals surface area contributed by atoms with E-state index in [0.29, 0.717) is 17.2 Å². The Morgan fingerprint density at radius 1 is 1.29 bits per heavy atom. The molecule has 0 aliphatic rings. The maximum absolute atomic E-state index is 5.95. The highest BCUT2D eigenvalue weighted by atomic mass is 79.9. The van der Waals surface area contributed by atoms with E-state index in [0.717, 1.165) is 15.6 Å². The Labute approximate surface area is 105 Å². The van der Waals surface area contributed by atoms with Crippen LogP contribution in [-0.4, -0.2) is 19.9 Å². The molecule has 0 bridgehead atoms. The van der Waals surface area contributed by atoms with E-state index in [1.807, 2.05) is 18.2 Å². The highest BCUT2D eigenvalue weighted by Gasteiger charge is 2.09. The van der Waals surface area contributed by atoms with E-state index in [2.05, 4.69) is 35.9 Å². The number of nitrogen functional groups attached to an aromatic ring is 1. The largest absolute Gasteiger partial charge is 0.398 e. The molecule has 6 heteroatoms. The van der Waals surface area contributed by atoms with Crippen molar-refractivity contribution in [2.24, 2.45) is 0 Å². The molecule has 0 saturated carbocycles. The number of imidazole rings is 1. The molecule has 2 aromatic heterocycles. The molecule has 0 amide bonds. The minimum atomic E-state index is 0.636. The monoisotopic (exact) mass is 289 g/mol. The van der Waals surface area contributed by atoms with Crippen molar-refractivity contribution in [3.63, 3.8) is 0 Å². The topological polar surface area (TPSA) is 80.5 Å². The second-order valence-corrected chi connectivity index (χ2v) is 4.49. The molecular formula is C11H8BrN5. The number of fused-ring (bicyclic) bond motifs is 1. The lowest BCUT2D eigenvalue weighted by Gasteiger charge is -2.02. The summed E-state index contributed by atoms with van der Waals surface area (Å²) in [6.45, 7) is 0. The minimum absolute atomic E-state index is 0.636. The third kappa shape index (κ3) is 1.76. The SMILES string of the molecule is Nc1cc(Br)ccc1-c1nc2ncncc2[nH]1. The summed E-state index contributed by atoms with van der Waals surface area (Å²) >= 11 is 3.37. The quantitative estimate of drug-likeness (QED) is 0.674. The van der Waals surface area contributed by atoms with Gasteiger partial charge < -0.3 is 10.7 Å². The Bertz CT molecular complexity index is 658. The molecule has 0 aliphatic carbocycles. The number of anilines is 1. The lowest BCUT2D eigenvalue weighted by Crippen LogP contribution is -1.91. The average Bonchev–Trinajstić information content (AvgIpc) is 2.72. The molecule has 2 heterocycles. The van der Waals surface area contributed by atoms with Gasteiger partial charge in [0.25, 0.3) is 0 Å². The zero-order chi connectivity index (χ0) is 11.8. The van der Waals surface area contributed by atoms with Gasteiger partial charge in [0.15, 0.2) is 5.65 Å². The number of hydrogen-bond acceptors (Lipinski definition) is 4. The van der Waals surface area contributed by atoms with Crippen LogP contribution in [0.4, 0.5) is 5.69 Å².